The summed E-state index contributed by atoms with van der Waals surface area (Å²) in [7, 11) is -3.62. The molecule has 1 aromatic rings. The molecule has 2 rings (SSSR count). The minimum atomic E-state index is -3.62. The van der Waals surface area contributed by atoms with Gasteiger partial charge >= 0.3 is 0 Å². The van der Waals surface area contributed by atoms with E-state index < -0.39 is 10.0 Å². The van der Waals surface area contributed by atoms with E-state index in [0.717, 1.165) is 11.5 Å². The smallest absolute Gasteiger partial charge is 0.238 e. The Bertz CT molecular complexity index is 557. The van der Waals surface area contributed by atoms with Gasteiger partial charge in [-0.05, 0) is 42.4 Å². The molecule has 3 unspecified atom stereocenters. The van der Waals surface area contributed by atoms with Crippen molar-refractivity contribution >= 4 is 10.0 Å². The third-order valence-corrected chi connectivity index (χ3v) is 5.16. The van der Waals surface area contributed by atoms with Gasteiger partial charge in [-0.2, -0.15) is 0 Å². The summed E-state index contributed by atoms with van der Waals surface area (Å²) in [6.07, 6.45) is 3.76. The van der Waals surface area contributed by atoms with Gasteiger partial charge in [-0.3, -0.25) is 0 Å². The molecule has 20 heavy (non-hydrogen) atoms. The first kappa shape index (κ1) is 15.5. The Hall–Kier alpha value is -0.910. The van der Waals surface area contributed by atoms with Crippen molar-refractivity contribution in [3.63, 3.8) is 0 Å². The van der Waals surface area contributed by atoms with E-state index in [1.54, 1.807) is 12.1 Å². The van der Waals surface area contributed by atoms with Crippen LogP contribution in [0.15, 0.2) is 29.2 Å². The van der Waals surface area contributed by atoms with Crippen LogP contribution in [0.1, 0.15) is 38.7 Å². The zero-order valence-corrected chi connectivity index (χ0v) is 13.0. The van der Waals surface area contributed by atoms with Crippen LogP contribution in [0.4, 0.5) is 0 Å². The van der Waals surface area contributed by atoms with Crippen molar-refractivity contribution in [3.8, 4) is 0 Å². The van der Waals surface area contributed by atoms with E-state index in [4.69, 9.17) is 5.14 Å². The largest absolute Gasteiger partial charge is 0.310 e. The Balaban J connectivity index is 2.00. The molecule has 4 nitrogen and oxygen atoms in total. The van der Waals surface area contributed by atoms with Crippen LogP contribution in [0.25, 0.3) is 0 Å². The van der Waals surface area contributed by atoms with E-state index >= 15 is 0 Å². The normalized spacial score (nSPS) is 27.4. The first-order valence-electron chi connectivity index (χ1n) is 7.21. The minimum absolute atomic E-state index is 0.182. The highest BCUT2D eigenvalue weighted by atomic mass is 32.2. The van der Waals surface area contributed by atoms with Crippen molar-refractivity contribution in [1.82, 2.24) is 5.32 Å². The molecule has 0 bridgehead atoms. The molecular weight excluding hydrogens is 272 g/mol. The average molecular weight is 296 g/mol. The van der Waals surface area contributed by atoms with Crippen molar-refractivity contribution in [3.05, 3.63) is 29.8 Å². The highest BCUT2D eigenvalue weighted by Crippen LogP contribution is 2.28. The van der Waals surface area contributed by atoms with Gasteiger partial charge in [0.15, 0.2) is 0 Å². The van der Waals surface area contributed by atoms with Crippen molar-refractivity contribution in [2.45, 2.75) is 50.6 Å². The molecule has 0 aliphatic heterocycles. The van der Waals surface area contributed by atoms with Crippen LogP contribution in [0.3, 0.4) is 0 Å². The molecule has 3 atom stereocenters. The molecule has 112 valence electrons. The summed E-state index contributed by atoms with van der Waals surface area (Å²) in [5, 5.41) is 8.72. The third kappa shape index (κ3) is 4.04. The summed E-state index contributed by atoms with van der Waals surface area (Å²) in [4.78, 5) is 0.182. The van der Waals surface area contributed by atoms with Crippen molar-refractivity contribution in [2.75, 3.05) is 0 Å². The Morgan fingerprint density at radius 3 is 2.75 bits per heavy atom. The topological polar surface area (TPSA) is 72.2 Å². The zero-order valence-electron chi connectivity index (χ0n) is 12.2. The molecule has 1 aliphatic carbocycles. The van der Waals surface area contributed by atoms with Gasteiger partial charge < -0.3 is 5.32 Å². The summed E-state index contributed by atoms with van der Waals surface area (Å²) in [6.45, 7) is 5.26. The predicted molar refractivity (Wildman–Crippen MR) is 80.6 cm³/mol. The summed E-state index contributed by atoms with van der Waals surface area (Å²) in [6, 6.07) is 7.36. The molecule has 1 fully saturated rings. The summed E-state index contributed by atoms with van der Waals surface area (Å²) in [5.41, 5.74) is 0.960. The molecular formula is C15H24N2O2S. The molecule has 0 saturated heterocycles. The molecule has 3 N–H and O–H groups in total. The molecule has 0 spiro atoms. The Morgan fingerprint density at radius 2 is 2.05 bits per heavy atom. The number of hydrogen-bond acceptors (Lipinski definition) is 3. The fourth-order valence-corrected chi connectivity index (χ4v) is 3.48. The highest BCUT2D eigenvalue weighted by Gasteiger charge is 2.24. The summed E-state index contributed by atoms with van der Waals surface area (Å²) >= 11 is 0. The van der Waals surface area contributed by atoms with E-state index in [-0.39, 0.29) is 4.90 Å². The molecule has 1 aliphatic rings. The number of sulfonamides is 1. The van der Waals surface area contributed by atoms with Gasteiger partial charge in [0.25, 0.3) is 0 Å². The van der Waals surface area contributed by atoms with Crippen LogP contribution in [-0.2, 0) is 16.6 Å². The molecule has 0 radical (unpaired) electrons. The number of nitrogens with two attached hydrogens (primary N) is 1. The average Bonchev–Trinajstić information content (AvgIpc) is 2.39. The van der Waals surface area contributed by atoms with Crippen molar-refractivity contribution < 1.29 is 8.42 Å². The van der Waals surface area contributed by atoms with Gasteiger partial charge in [0.2, 0.25) is 10.0 Å². The van der Waals surface area contributed by atoms with Gasteiger partial charge in [0.05, 0.1) is 4.90 Å². The Labute approximate surface area is 121 Å². The lowest BCUT2D eigenvalue weighted by molar-refractivity contribution is 0.227. The van der Waals surface area contributed by atoms with E-state index in [0.29, 0.717) is 18.5 Å². The number of hydrogen-bond donors (Lipinski definition) is 2. The van der Waals surface area contributed by atoms with Crippen LogP contribution in [-0.4, -0.2) is 14.5 Å². The van der Waals surface area contributed by atoms with Gasteiger partial charge in [0, 0.05) is 12.6 Å². The van der Waals surface area contributed by atoms with E-state index in [1.807, 2.05) is 6.07 Å². The third-order valence-electron chi connectivity index (χ3n) is 4.25. The van der Waals surface area contributed by atoms with E-state index in [9.17, 15) is 8.42 Å². The van der Waals surface area contributed by atoms with E-state index in [2.05, 4.69) is 19.2 Å². The second-order valence-corrected chi connectivity index (χ2v) is 7.64. The Kier molecular flexibility index (Phi) is 4.83. The van der Waals surface area contributed by atoms with Crippen LogP contribution in [0.5, 0.6) is 0 Å². The fraction of sp³-hybridized carbons (Fsp3) is 0.600. The maximum Gasteiger partial charge on any atom is 0.238 e. The second-order valence-electron chi connectivity index (χ2n) is 6.08. The van der Waals surface area contributed by atoms with Crippen LogP contribution in [0.2, 0.25) is 0 Å². The first-order valence-corrected chi connectivity index (χ1v) is 8.76. The van der Waals surface area contributed by atoms with Gasteiger partial charge in [0.1, 0.15) is 0 Å². The maximum absolute atomic E-state index is 11.3. The number of nitrogens with one attached hydrogen (secondary N) is 1. The Morgan fingerprint density at radius 1 is 1.30 bits per heavy atom. The quantitative estimate of drug-likeness (QED) is 0.895. The molecule has 0 amide bonds. The highest BCUT2D eigenvalue weighted by molar-refractivity contribution is 7.89. The molecule has 1 saturated carbocycles. The monoisotopic (exact) mass is 296 g/mol. The van der Waals surface area contributed by atoms with Crippen LogP contribution in [0, 0.1) is 11.8 Å². The SMILES string of the molecule is CC1CCC(C)C(NCc2cccc(S(N)(=O)=O)c2)C1. The molecule has 0 aromatic heterocycles. The van der Waals surface area contributed by atoms with Crippen LogP contribution >= 0.6 is 0 Å². The van der Waals surface area contributed by atoms with Crippen molar-refractivity contribution in [2.24, 2.45) is 17.0 Å². The van der Waals surface area contributed by atoms with Gasteiger partial charge in [-0.1, -0.05) is 32.4 Å². The fourth-order valence-electron chi connectivity index (χ4n) is 2.90. The lowest BCUT2D eigenvalue weighted by Crippen LogP contribution is -2.39. The van der Waals surface area contributed by atoms with Crippen molar-refractivity contribution in [1.29, 1.82) is 0 Å². The summed E-state index contributed by atoms with van der Waals surface area (Å²) in [5.74, 6) is 1.44. The molecule has 5 heteroatoms. The zero-order chi connectivity index (χ0) is 14.8. The lowest BCUT2D eigenvalue weighted by Gasteiger charge is -2.33. The molecule has 0 heterocycles. The van der Waals surface area contributed by atoms with Crippen LogP contribution < -0.4 is 10.5 Å². The predicted octanol–water partition coefficient (Wildman–Crippen LogP) is 2.25. The second kappa shape index (κ2) is 6.24. The van der Waals surface area contributed by atoms with Gasteiger partial charge in [-0.15, -0.1) is 0 Å². The van der Waals surface area contributed by atoms with E-state index in [1.165, 1.54) is 25.3 Å². The number of benzene rings is 1. The standard InChI is InChI=1S/C15H24N2O2S/c1-11-6-7-12(2)15(8-11)17-10-13-4-3-5-14(9-13)20(16,18)19/h3-5,9,11-12,15,17H,6-8,10H2,1-2H3,(H2,16,18,19). The molecule has 1 aromatic carbocycles. The lowest BCUT2D eigenvalue weighted by atomic mass is 9.80. The first-order chi connectivity index (χ1) is 9.36. The summed E-state index contributed by atoms with van der Waals surface area (Å²) < 4.78 is 22.7. The van der Waals surface area contributed by atoms with Gasteiger partial charge in [-0.25, -0.2) is 13.6 Å². The number of rotatable bonds is 4. The maximum atomic E-state index is 11.3. The minimum Gasteiger partial charge on any atom is -0.310 e. The number of primary sulfonamides is 1.